The van der Waals surface area contributed by atoms with Crippen LogP contribution in [0.3, 0.4) is 0 Å². The van der Waals surface area contributed by atoms with Crippen molar-refractivity contribution in [2.24, 2.45) is 5.41 Å². The van der Waals surface area contributed by atoms with Crippen molar-refractivity contribution in [1.82, 2.24) is 0 Å². The van der Waals surface area contributed by atoms with Crippen molar-refractivity contribution >= 4 is 5.78 Å². The Hall–Kier alpha value is -0.890. The molecule has 1 saturated carbocycles. The zero-order valence-corrected chi connectivity index (χ0v) is 9.08. The number of ether oxygens (including phenoxy) is 1. The molecule has 1 heterocycles. The van der Waals surface area contributed by atoms with E-state index in [1.54, 1.807) is 12.2 Å². The van der Waals surface area contributed by atoms with E-state index in [4.69, 9.17) is 4.74 Å². The van der Waals surface area contributed by atoms with Crippen molar-refractivity contribution in [2.45, 2.75) is 38.2 Å². The molecular formula is C13H16O2. The molecule has 2 heteroatoms. The summed E-state index contributed by atoms with van der Waals surface area (Å²) in [6, 6.07) is 0. The predicted molar refractivity (Wildman–Crippen MR) is 57.5 cm³/mol. The second kappa shape index (κ2) is 2.82. The van der Waals surface area contributed by atoms with Crippen LogP contribution in [-0.4, -0.2) is 18.0 Å². The summed E-state index contributed by atoms with van der Waals surface area (Å²) in [7, 11) is 0. The molecule has 2 aliphatic carbocycles. The van der Waals surface area contributed by atoms with Crippen molar-refractivity contribution in [1.29, 1.82) is 0 Å². The minimum absolute atomic E-state index is 0.121. The molecule has 0 bridgehead atoms. The molecule has 15 heavy (non-hydrogen) atoms. The lowest BCUT2D eigenvalue weighted by Gasteiger charge is -2.47. The number of ketones is 1. The van der Waals surface area contributed by atoms with Crippen LogP contribution in [0.15, 0.2) is 23.8 Å². The van der Waals surface area contributed by atoms with Gasteiger partial charge in [0.15, 0.2) is 5.78 Å². The highest BCUT2D eigenvalue weighted by Gasteiger charge is 2.56. The van der Waals surface area contributed by atoms with E-state index in [1.165, 1.54) is 18.4 Å². The first-order chi connectivity index (χ1) is 7.16. The van der Waals surface area contributed by atoms with E-state index in [-0.39, 0.29) is 16.8 Å². The number of rotatable bonds is 0. The van der Waals surface area contributed by atoms with Crippen molar-refractivity contribution in [2.75, 3.05) is 6.61 Å². The minimum Gasteiger partial charge on any atom is -0.366 e. The van der Waals surface area contributed by atoms with Crippen LogP contribution in [0.25, 0.3) is 0 Å². The Morgan fingerprint density at radius 3 is 3.13 bits per heavy atom. The molecule has 3 rings (SSSR count). The molecule has 2 atom stereocenters. The first-order valence-electron chi connectivity index (χ1n) is 5.75. The van der Waals surface area contributed by atoms with Gasteiger partial charge in [-0.15, -0.1) is 0 Å². The highest BCUT2D eigenvalue weighted by Crippen LogP contribution is 2.56. The quantitative estimate of drug-likeness (QED) is 0.605. The topological polar surface area (TPSA) is 26.3 Å². The predicted octanol–water partition coefficient (Wildman–Crippen LogP) is 2.40. The first kappa shape index (κ1) is 9.34. The van der Waals surface area contributed by atoms with Crippen LogP contribution in [-0.2, 0) is 9.53 Å². The van der Waals surface area contributed by atoms with Gasteiger partial charge in [-0.05, 0) is 49.5 Å². The summed E-state index contributed by atoms with van der Waals surface area (Å²) in [5.41, 5.74) is 1.19. The molecule has 2 nitrogen and oxygen atoms in total. The molecule has 1 spiro atoms. The third-order valence-electron chi connectivity index (χ3n) is 4.33. The maximum atomic E-state index is 11.4. The van der Waals surface area contributed by atoms with Crippen LogP contribution in [0, 0.1) is 5.41 Å². The van der Waals surface area contributed by atoms with Crippen LogP contribution in [0.5, 0.6) is 0 Å². The standard InChI is InChI=1S/C13H16O2/c1-12-5-2-3-10-9-11(14)4-6-13(10,12)15-8-7-12/h4,6,9H,2-3,5,7-8H2,1H3/t12-,13?/m1/s1. The smallest absolute Gasteiger partial charge is 0.178 e. The molecule has 80 valence electrons. The lowest BCUT2D eigenvalue weighted by molar-refractivity contribution is -0.111. The van der Waals surface area contributed by atoms with Crippen LogP contribution in [0.2, 0.25) is 0 Å². The second-order valence-electron chi connectivity index (χ2n) is 5.15. The van der Waals surface area contributed by atoms with Crippen LogP contribution >= 0.6 is 0 Å². The van der Waals surface area contributed by atoms with Gasteiger partial charge >= 0.3 is 0 Å². The summed E-state index contributed by atoms with van der Waals surface area (Å²) in [6.07, 6.45) is 10.0. The van der Waals surface area contributed by atoms with E-state index in [0.717, 1.165) is 19.4 Å². The number of carbonyl (C=O) groups excluding carboxylic acids is 1. The van der Waals surface area contributed by atoms with Crippen LogP contribution in [0.4, 0.5) is 0 Å². The SMILES string of the molecule is C[C@]12CCCC3=CC(=O)C=CC31OCC2. The molecule has 1 aliphatic heterocycles. The molecule has 0 aromatic carbocycles. The first-order valence-corrected chi connectivity index (χ1v) is 5.75. The summed E-state index contributed by atoms with van der Waals surface area (Å²) in [4.78, 5) is 11.4. The largest absolute Gasteiger partial charge is 0.366 e. The number of hydrogen-bond donors (Lipinski definition) is 0. The molecular weight excluding hydrogens is 188 g/mol. The van der Waals surface area contributed by atoms with Crippen molar-refractivity contribution in [3.63, 3.8) is 0 Å². The van der Waals surface area contributed by atoms with Gasteiger partial charge in [0.2, 0.25) is 0 Å². The van der Waals surface area contributed by atoms with Gasteiger partial charge in [-0.25, -0.2) is 0 Å². The monoisotopic (exact) mass is 204 g/mol. The summed E-state index contributed by atoms with van der Waals surface area (Å²) in [5.74, 6) is 0.121. The highest BCUT2D eigenvalue weighted by molar-refractivity contribution is 6.01. The molecule has 1 saturated heterocycles. The number of hydrogen-bond acceptors (Lipinski definition) is 2. The summed E-state index contributed by atoms with van der Waals surface area (Å²) < 4.78 is 5.99. The molecule has 0 aromatic heterocycles. The van der Waals surface area contributed by atoms with Gasteiger partial charge in [0.05, 0.1) is 0 Å². The Morgan fingerprint density at radius 2 is 2.27 bits per heavy atom. The van der Waals surface area contributed by atoms with E-state index in [9.17, 15) is 4.79 Å². The molecule has 2 fully saturated rings. The zero-order chi connectivity index (χ0) is 10.5. The fourth-order valence-corrected chi connectivity index (χ4v) is 3.40. The van der Waals surface area contributed by atoms with E-state index in [1.807, 2.05) is 6.08 Å². The Kier molecular flexibility index (Phi) is 1.76. The van der Waals surface area contributed by atoms with Crippen molar-refractivity contribution in [3.8, 4) is 0 Å². The van der Waals surface area contributed by atoms with Gasteiger partial charge in [0, 0.05) is 12.0 Å². The third-order valence-corrected chi connectivity index (χ3v) is 4.33. The minimum atomic E-state index is -0.237. The molecule has 0 amide bonds. The normalized spacial score (nSPS) is 43.5. The molecule has 0 aromatic rings. The average molecular weight is 204 g/mol. The Bertz CT molecular complexity index is 380. The second-order valence-corrected chi connectivity index (χ2v) is 5.15. The maximum absolute atomic E-state index is 11.4. The molecule has 0 radical (unpaired) electrons. The molecule has 0 N–H and O–H groups in total. The zero-order valence-electron chi connectivity index (χ0n) is 9.08. The van der Waals surface area contributed by atoms with E-state index in [0.29, 0.717) is 0 Å². The number of carbonyl (C=O) groups is 1. The van der Waals surface area contributed by atoms with E-state index < -0.39 is 0 Å². The lowest BCUT2D eigenvalue weighted by Crippen LogP contribution is -2.47. The van der Waals surface area contributed by atoms with Crippen molar-refractivity contribution in [3.05, 3.63) is 23.8 Å². The summed E-state index contributed by atoms with van der Waals surface area (Å²) >= 11 is 0. The van der Waals surface area contributed by atoms with Gasteiger partial charge in [0.1, 0.15) is 5.60 Å². The van der Waals surface area contributed by atoms with Crippen LogP contribution < -0.4 is 0 Å². The van der Waals surface area contributed by atoms with Crippen molar-refractivity contribution < 1.29 is 9.53 Å². The van der Waals surface area contributed by atoms with Gasteiger partial charge in [-0.1, -0.05) is 6.92 Å². The van der Waals surface area contributed by atoms with E-state index >= 15 is 0 Å². The third kappa shape index (κ3) is 1.06. The Morgan fingerprint density at radius 1 is 1.40 bits per heavy atom. The molecule has 3 aliphatic rings. The van der Waals surface area contributed by atoms with Gasteiger partial charge in [0.25, 0.3) is 0 Å². The fraction of sp³-hybridized carbons (Fsp3) is 0.615. The Balaban J connectivity index is 2.13. The van der Waals surface area contributed by atoms with Gasteiger partial charge in [-0.3, -0.25) is 4.79 Å². The average Bonchev–Trinajstić information content (AvgIpc) is 2.53. The summed E-state index contributed by atoms with van der Waals surface area (Å²) in [6.45, 7) is 3.12. The number of allylic oxidation sites excluding steroid dienone is 2. The fourth-order valence-electron chi connectivity index (χ4n) is 3.40. The van der Waals surface area contributed by atoms with Crippen LogP contribution in [0.1, 0.15) is 32.6 Å². The van der Waals surface area contributed by atoms with Gasteiger partial charge in [-0.2, -0.15) is 0 Å². The van der Waals surface area contributed by atoms with Gasteiger partial charge < -0.3 is 4.74 Å². The Labute approximate surface area is 90.0 Å². The highest BCUT2D eigenvalue weighted by atomic mass is 16.5. The molecule has 1 unspecified atom stereocenters. The maximum Gasteiger partial charge on any atom is 0.178 e. The summed E-state index contributed by atoms with van der Waals surface area (Å²) in [5, 5.41) is 0. The van der Waals surface area contributed by atoms with E-state index in [2.05, 4.69) is 6.92 Å². The lowest BCUT2D eigenvalue weighted by atomic mass is 9.60.